The fourth-order valence-electron chi connectivity index (χ4n) is 2.63. The topological polar surface area (TPSA) is 20.3 Å². The molecule has 0 aliphatic carbocycles. The number of Topliss-reactive ketones (excluding diaryl/α,β-unsaturated/α-hetero) is 1. The summed E-state index contributed by atoms with van der Waals surface area (Å²) in [7, 11) is 0. The minimum Gasteiger partial charge on any atom is -0.369 e. The molecule has 0 amide bonds. The van der Waals surface area contributed by atoms with Crippen LogP contribution in [0.25, 0.3) is 6.08 Å². The molecule has 0 aromatic heterocycles. The van der Waals surface area contributed by atoms with E-state index >= 15 is 0 Å². The molecular formula is C14H14FNO. The van der Waals surface area contributed by atoms with Crippen LogP contribution in [0.2, 0.25) is 0 Å². The van der Waals surface area contributed by atoms with Crippen LogP contribution in [0, 0.1) is 11.7 Å². The normalized spacial score (nSPS) is 22.5. The van der Waals surface area contributed by atoms with Gasteiger partial charge in [0, 0.05) is 19.0 Å². The number of carbonyl (C=O) groups excluding carboxylic acids is 1. The van der Waals surface area contributed by atoms with Gasteiger partial charge >= 0.3 is 0 Å². The van der Waals surface area contributed by atoms with Crippen molar-refractivity contribution in [2.24, 2.45) is 5.92 Å². The molecule has 0 saturated carbocycles. The van der Waals surface area contributed by atoms with Gasteiger partial charge in [0.2, 0.25) is 0 Å². The molecule has 4 rings (SSSR count). The Morgan fingerprint density at radius 3 is 2.41 bits per heavy atom. The lowest BCUT2D eigenvalue weighted by molar-refractivity contribution is -0.125. The van der Waals surface area contributed by atoms with E-state index in [4.69, 9.17) is 0 Å². The lowest BCUT2D eigenvalue weighted by Crippen LogP contribution is -2.45. The number of rotatable bonds is 1. The van der Waals surface area contributed by atoms with E-state index in [-0.39, 0.29) is 17.5 Å². The van der Waals surface area contributed by atoms with Gasteiger partial charge < -0.3 is 4.90 Å². The van der Waals surface area contributed by atoms with Crippen LogP contribution in [-0.4, -0.2) is 23.8 Å². The van der Waals surface area contributed by atoms with Crippen molar-refractivity contribution in [2.45, 2.75) is 12.8 Å². The van der Waals surface area contributed by atoms with E-state index < -0.39 is 0 Å². The van der Waals surface area contributed by atoms with Crippen molar-refractivity contribution < 1.29 is 9.18 Å². The van der Waals surface area contributed by atoms with Crippen molar-refractivity contribution in [1.82, 2.24) is 4.90 Å². The third-order valence-corrected chi connectivity index (χ3v) is 3.63. The van der Waals surface area contributed by atoms with E-state index in [1.165, 1.54) is 12.1 Å². The van der Waals surface area contributed by atoms with Gasteiger partial charge in [0.15, 0.2) is 5.78 Å². The zero-order chi connectivity index (χ0) is 11.8. The van der Waals surface area contributed by atoms with Crippen molar-refractivity contribution in [3.63, 3.8) is 0 Å². The Hall–Kier alpha value is -1.64. The Morgan fingerprint density at radius 1 is 1.18 bits per heavy atom. The number of halogens is 1. The summed E-state index contributed by atoms with van der Waals surface area (Å²) in [6.07, 6.45) is 3.85. The molecule has 3 aliphatic heterocycles. The first kappa shape index (κ1) is 10.5. The lowest BCUT2D eigenvalue weighted by atomic mass is 9.84. The van der Waals surface area contributed by atoms with Crippen molar-refractivity contribution >= 4 is 11.9 Å². The summed E-state index contributed by atoms with van der Waals surface area (Å²) < 4.78 is 12.8. The second-order valence-electron chi connectivity index (χ2n) is 4.71. The van der Waals surface area contributed by atoms with E-state index in [1.54, 1.807) is 12.1 Å². The molecule has 17 heavy (non-hydrogen) atoms. The maximum atomic E-state index is 12.8. The molecule has 3 aliphatic rings. The minimum absolute atomic E-state index is 0.215. The Morgan fingerprint density at radius 2 is 1.82 bits per heavy atom. The van der Waals surface area contributed by atoms with Crippen molar-refractivity contribution in [3.05, 3.63) is 41.3 Å². The Kier molecular flexibility index (Phi) is 2.46. The summed E-state index contributed by atoms with van der Waals surface area (Å²) in [5, 5.41) is 0. The van der Waals surface area contributed by atoms with Crippen LogP contribution in [0.5, 0.6) is 0 Å². The van der Waals surface area contributed by atoms with Crippen LogP contribution in [0.15, 0.2) is 30.0 Å². The largest absolute Gasteiger partial charge is 0.369 e. The quantitative estimate of drug-likeness (QED) is 0.692. The van der Waals surface area contributed by atoms with E-state index in [0.29, 0.717) is 0 Å². The molecule has 3 fully saturated rings. The highest BCUT2D eigenvalue weighted by molar-refractivity contribution is 6.01. The van der Waals surface area contributed by atoms with Gasteiger partial charge in [-0.25, -0.2) is 4.39 Å². The smallest absolute Gasteiger partial charge is 0.182 e. The average molecular weight is 231 g/mol. The Balaban J connectivity index is 1.93. The molecule has 2 nitrogen and oxygen atoms in total. The molecule has 88 valence electrons. The fourth-order valence-corrected chi connectivity index (χ4v) is 2.63. The number of hydrogen-bond donors (Lipinski definition) is 0. The molecule has 1 aromatic rings. The molecule has 1 aromatic carbocycles. The summed E-state index contributed by atoms with van der Waals surface area (Å²) in [4.78, 5) is 14.2. The summed E-state index contributed by atoms with van der Waals surface area (Å²) in [5.74, 6) is 0.225. The lowest BCUT2D eigenvalue weighted by Gasteiger charge is -2.41. The molecule has 3 heteroatoms. The van der Waals surface area contributed by atoms with Crippen molar-refractivity contribution in [3.8, 4) is 0 Å². The fraction of sp³-hybridized carbons (Fsp3) is 0.357. The second-order valence-corrected chi connectivity index (χ2v) is 4.71. The highest BCUT2D eigenvalue weighted by Crippen LogP contribution is 2.32. The first-order valence-electron chi connectivity index (χ1n) is 6.00. The van der Waals surface area contributed by atoms with Crippen LogP contribution in [0.3, 0.4) is 0 Å². The molecule has 0 atom stereocenters. The van der Waals surface area contributed by atoms with Gasteiger partial charge in [-0.05, 0) is 36.6 Å². The van der Waals surface area contributed by atoms with E-state index in [1.807, 2.05) is 6.08 Å². The summed E-state index contributed by atoms with van der Waals surface area (Å²) in [6, 6.07) is 6.26. The molecule has 3 saturated heterocycles. The van der Waals surface area contributed by atoms with Crippen LogP contribution in [0.1, 0.15) is 18.4 Å². The third kappa shape index (κ3) is 1.86. The van der Waals surface area contributed by atoms with Gasteiger partial charge in [0.05, 0.1) is 5.70 Å². The molecule has 0 unspecified atom stereocenters. The number of benzene rings is 1. The molecule has 0 radical (unpaired) electrons. The van der Waals surface area contributed by atoms with Gasteiger partial charge in [0.25, 0.3) is 0 Å². The van der Waals surface area contributed by atoms with E-state index in [0.717, 1.165) is 37.2 Å². The minimum atomic E-state index is -0.246. The number of ketones is 1. The molecular weight excluding hydrogens is 217 g/mol. The SMILES string of the molecule is O=C1/C(=C/c2ccc(F)cc2)N2CCC1CC2. The maximum absolute atomic E-state index is 12.8. The average Bonchev–Trinajstić information content (AvgIpc) is 2.37. The standard InChI is InChI=1S/C14H14FNO/c15-12-3-1-10(2-4-12)9-13-14(17)11-5-7-16(13)8-6-11/h1-4,9,11H,5-8H2/b13-9-. The van der Waals surface area contributed by atoms with E-state index in [9.17, 15) is 9.18 Å². The number of nitrogens with zero attached hydrogens (tertiary/aromatic N) is 1. The first-order chi connectivity index (χ1) is 8.24. The van der Waals surface area contributed by atoms with E-state index in [2.05, 4.69) is 4.90 Å². The third-order valence-electron chi connectivity index (χ3n) is 3.63. The highest BCUT2D eigenvalue weighted by Gasteiger charge is 2.36. The zero-order valence-corrected chi connectivity index (χ0v) is 9.53. The van der Waals surface area contributed by atoms with Crippen LogP contribution in [-0.2, 0) is 4.79 Å². The summed E-state index contributed by atoms with van der Waals surface area (Å²) in [6.45, 7) is 1.95. The number of carbonyl (C=O) groups is 1. The predicted molar refractivity (Wildman–Crippen MR) is 63.7 cm³/mol. The summed E-state index contributed by atoms with van der Waals surface area (Å²) in [5.41, 5.74) is 1.70. The molecule has 0 spiro atoms. The molecule has 2 bridgehead atoms. The summed E-state index contributed by atoms with van der Waals surface area (Å²) >= 11 is 0. The molecule has 3 heterocycles. The zero-order valence-electron chi connectivity index (χ0n) is 9.53. The number of allylic oxidation sites excluding steroid dienone is 1. The monoisotopic (exact) mass is 231 g/mol. The Labute approximate surface area is 99.7 Å². The first-order valence-corrected chi connectivity index (χ1v) is 6.00. The second kappa shape index (κ2) is 3.99. The van der Waals surface area contributed by atoms with Gasteiger partial charge in [-0.1, -0.05) is 12.1 Å². The highest BCUT2D eigenvalue weighted by atomic mass is 19.1. The van der Waals surface area contributed by atoms with Crippen LogP contribution >= 0.6 is 0 Å². The number of fused-ring (bicyclic) bond motifs is 3. The van der Waals surface area contributed by atoms with Crippen molar-refractivity contribution in [2.75, 3.05) is 13.1 Å². The van der Waals surface area contributed by atoms with Gasteiger partial charge in [-0.2, -0.15) is 0 Å². The Bertz CT molecular complexity index is 470. The predicted octanol–water partition coefficient (Wildman–Crippen LogP) is 2.46. The maximum Gasteiger partial charge on any atom is 0.182 e. The van der Waals surface area contributed by atoms with Gasteiger partial charge in [-0.15, -0.1) is 0 Å². The van der Waals surface area contributed by atoms with Gasteiger partial charge in [0.1, 0.15) is 5.82 Å². The van der Waals surface area contributed by atoms with Crippen LogP contribution < -0.4 is 0 Å². The van der Waals surface area contributed by atoms with Crippen LogP contribution in [0.4, 0.5) is 4.39 Å². The van der Waals surface area contributed by atoms with Gasteiger partial charge in [-0.3, -0.25) is 4.79 Å². The van der Waals surface area contributed by atoms with Crippen molar-refractivity contribution in [1.29, 1.82) is 0 Å². The number of hydrogen-bond acceptors (Lipinski definition) is 2. The number of piperidine rings is 3. The molecule has 0 N–H and O–H groups in total.